The molecular weight excluding hydrogens is 256 g/mol. The van der Waals surface area contributed by atoms with Gasteiger partial charge in [0.25, 0.3) is 0 Å². The van der Waals surface area contributed by atoms with Crippen LogP contribution in [0.15, 0.2) is 24.3 Å². The fraction of sp³-hybridized carbons (Fsp3) is 0.533. The number of carbonyl (C=O) groups excluding carboxylic acids is 1. The summed E-state index contributed by atoms with van der Waals surface area (Å²) in [5.41, 5.74) is 2.13. The number of hydrogen-bond acceptors (Lipinski definition) is 3. The van der Waals surface area contributed by atoms with Gasteiger partial charge < -0.3 is 10.2 Å². The van der Waals surface area contributed by atoms with Crippen LogP contribution in [0.2, 0.25) is 0 Å². The Morgan fingerprint density at radius 2 is 2.00 bits per heavy atom. The Hall–Kier alpha value is -1.16. The van der Waals surface area contributed by atoms with Gasteiger partial charge in [0.1, 0.15) is 0 Å². The Morgan fingerprint density at radius 1 is 1.26 bits per heavy atom. The van der Waals surface area contributed by atoms with Gasteiger partial charge in [0.15, 0.2) is 0 Å². The van der Waals surface area contributed by atoms with Gasteiger partial charge in [0.2, 0.25) is 5.91 Å². The predicted octanol–water partition coefficient (Wildman–Crippen LogP) is 3.37. The van der Waals surface area contributed by atoms with Crippen molar-refractivity contribution in [3.8, 4) is 0 Å². The molecule has 104 valence electrons. The second kappa shape index (κ2) is 7.43. The summed E-state index contributed by atoms with van der Waals surface area (Å²) < 4.78 is 0. The minimum atomic E-state index is 0.0699. The number of anilines is 2. The largest absolute Gasteiger partial charge is 0.371 e. The quantitative estimate of drug-likeness (QED) is 0.916. The highest BCUT2D eigenvalue weighted by Crippen LogP contribution is 2.22. The molecule has 2 rings (SSSR count). The van der Waals surface area contributed by atoms with Crippen LogP contribution in [0, 0.1) is 0 Å². The van der Waals surface area contributed by atoms with Crippen LogP contribution in [0.25, 0.3) is 0 Å². The first-order chi connectivity index (χ1) is 9.29. The minimum absolute atomic E-state index is 0.0699. The number of hydrogen-bond donors (Lipinski definition) is 1. The Balaban J connectivity index is 2.03. The number of nitrogens with zero attached hydrogens (tertiary/aromatic N) is 1. The Labute approximate surface area is 119 Å². The topological polar surface area (TPSA) is 32.3 Å². The van der Waals surface area contributed by atoms with Crippen LogP contribution >= 0.6 is 11.8 Å². The molecule has 1 N–H and O–H groups in total. The molecule has 1 aromatic carbocycles. The van der Waals surface area contributed by atoms with Crippen LogP contribution in [0.4, 0.5) is 11.4 Å². The standard InChI is InChI=1S/C15H22N2OS/c1-19-12-15(18)16-13-7-6-8-14(11-13)17-9-4-2-3-5-10-17/h6-8,11H,2-5,9-10,12H2,1H3,(H,16,18). The lowest BCUT2D eigenvalue weighted by molar-refractivity contribution is -0.113. The molecule has 3 nitrogen and oxygen atoms in total. The molecule has 1 aliphatic heterocycles. The molecule has 19 heavy (non-hydrogen) atoms. The van der Waals surface area contributed by atoms with Crippen molar-refractivity contribution < 1.29 is 4.79 Å². The highest BCUT2D eigenvalue weighted by molar-refractivity contribution is 7.99. The molecule has 0 unspecified atom stereocenters. The van der Waals surface area contributed by atoms with Gasteiger partial charge in [-0.3, -0.25) is 4.79 Å². The van der Waals surface area contributed by atoms with Gasteiger partial charge in [-0.1, -0.05) is 18.9 Å². The van der Waals surface area contributed by atoms with E-state index in [0.717, 1.165) is 18.8 Å². The summed E-state index contributed by atoms with van der Waals surface area (Å²) in [4.78, 5) is 14.0. The van der Waals surface area contributed by atoms with Gasteiger partial charge in [0, 0.05) is 24.5 Å². The first-order valence-electron chi connectivity index (χ1n) is 6.93. The lowest BCUT2D eigenvalue weighted by Crippen LogP contribution is -2.24. The molecule has 1 amide bonds. The van der Waals surface area contributed by atoms with Crippen LogP contribution in [-0.2, 0) is 4.79 Å². The maximum atomic E-state index is 11.6. The number of thioether (sulfide) groups is 1. The van der Waals surface area contributed by atoms with E-state index in [9.17, 15) is 4.79 Å². The molecule has 0 aliphatic carbocycles. The average Bonchev–Trinajstić information content (AvgIpc) is 2.68. The second-order valence-corrected chi connectivity index (χ2v) is 5.80. The highest BCUT2D eigenvalue weighted by atomic mass is 32.2. The lowest BCUT2D eigenvalue weighted by atomic mass is 10.2. The van der Waals surface area contributed by atoms with Gasteiger partial charge >= 0.3 is 0 Å². The van der Waals surface area contributed by atoms with Gasteiger partial charge in [-0.25, -0.2) is 0 Å². The average molecular weight is 278 g/mol. The maximum absolute atomic E-state index is 11.6. The smallest absolute Gasteiger partial charge is 0.234 e. The van der Waals surface area contributed by atoms with Crippen LogP contribution in [-0.4, -0.2) is 31.0 Å². The van der Waals surface area contributed by atoms with Crippen molar-refractivity contribution in [3.63, 3.8) is 0 Å². The van der Waals surface area contributed by atoms with Gasteiger partial charge in [-0.05, 0) is 37.3 Å². The van der Waals surface area contributed by atoms with Gasteiger partial charge in [0.05, 0.1) is 5.75 Å². The number of amides is 1. The molecule has 0 bridgehead atoms. The normalized spacial score (nSPS) is 15.9. The number of benzene rings is 1. The van der Waals surface area contributed by atoms with E-state index >= 15 is 0 Å². The first kappa shape index (κ1) is 14.3. The van der Waals surface area contributed by atoms with E-state index in [4.69, 9.17) is 0 Å². The van der Waals surface area contributed by atoms with E-state index in [-0.39, 0.29) is 5.91 Å². The molecule has 0 aromatic heterocycles. The predicted molar refractivity (Wildman–Crippen MR) is 84.1 cm³/mol. The zero-order valence-electron chi connectivity index (χ0n) is 11.5. The van der Waals surface area contributed by atoms with E-state index in [1.165, 1.54) is 31.4 Å². The van der Waals surface area contributed by atoms with E-state index in [0.29, 0.717) is 5.75 Å². The lowest BCUT2D eigenvalue weighted by Gasteiger charge is -2.23. The van der Waals surface area contributed by atoms with Crippen molar-refractivity contribution in [3.05, 3.63) is 24.3 Å². The zero-order valence-corrected chi connectivity index (χ0v) is 12.3. The summed E-state index contributed by atoms with van der Waals surface area (Å²) in [6.45, 7) is 2.25. The van der Waals surface area contributed by atoms with E-state index in [2.05, 4.69) is 22.3 Å². The molecule has 0 spiro atoms. The summed E-state index contributed by atoms with van der Waals surface area (Å²) in [7, 11) is 0. The summed E-state index contributed by atoms with van der Waals surface area (Å²) in [6.07, 6.45) is 7.14. The zero-order chi connectivity index (χ0) is 13.5. The summed E-state index contributed by atoms with van der Waals surface area (Å²) in [5, 5.41) is 2.95. The third-order valence-electron chi connectivity index (χ3n) is 3.38. The monoisotopic (exact) mass is 278 g/mol. The fourth-order valence-corrected chi connectivity index (χ4v) is 2.77. The minimum Gasteiger partial charge on any atom is -0.371 e. The Kier molecular flexibility index (Phi) is 5.58. The van der Waals surface area contributed by atoms with Crippen LogP contribution in [0.5, 0.6) is 0 Å². The van der Waals surface area contributed by atoms with Crippen molar-refractivity contribution in [2.75, 3.05) is 35.3 Å². The molecule has 1 aromatic rings. The Bertz CT molecular complexity index is 414. The molecular formula is C15H22N2OS. The van der Waals surface area contributed by atoms with Crippen LogP contribution < -0.4 is 10.2 Å². The molecule has 1 aliphatic rings. The van der Waals surface area contributed by atoms with Crippen LogP contribution in [0.1, 0.15) is 25.7 Å². The summed E-state index contributed by atoms with van der Waals surface area (Å²) in [6, 6.07) is 8.20. The number of rotatable bonds is 4. The molecule has 4 heteroatoms. The van der Waals surface area contributed by atoms with Crippen molar-refractivity contribution in [1.82, 2.24) is 0 Å². The second-order valence-electron chi connectivity index (χ2n) is 4.93. The number of nitrogens with one attached hydrogen (secondary N) is 1. The van der Waals surface area contributed by atoms with Crippen molar-refractivity contribution in [2.45, 2.75) is 25.7 Å². The van der Waals surface area contributed by atoms with E-state index < -0.39 is 0 Å². The molecule has 1 fully saturated rings. The summed E-state index contributed by atoms with van der Waals surface area (Å²) in [5.74, 6) is 0.578. The van der Waals surface area contributed by atoms with Crippen molar-refractivity contribution >= 4 is 29.0 Å². The van der Waals surface area contributed by atoms with Gasteiger partial charge in [-0.2, -0.15) is 11.8 Å². The molecule has 0 atom stereocenters. The van der Waals surface area contributed by atoms with Crippen molar-refractivity contribution in [1.29, 1.82) is 0 Å². The van der Waals surface area contributed by atoms with Gasteiger partial charge in [-0.15, -0.1) is 0 Å². The van der Waals surface area contributed by atoms with E-state index in [1.807, 2.05) is 18.4 Å². The third-order valence-corrected chi connectivity index (χ3v) is 3.93. The fourth-order valence-electron chi connectivity index (χ4n) is 2.44. The molecule has 1 saturated heterocycles. The van der Waals surface area contributed by atoms with Crippen molar-refractivity contribution in [2.24, 2.45) is 0 Å². The van der Waals surface area contributed by atoms with Crippen LogP contribution in [0.3, 0.4) is 0 Å². The third kappa shape index (κ3) is 4.46. The SMILES string of the molecule is CSCC(=O)Nc1cccc(N2CCCCCC2)c1. The van der Waals surface area contributed by atoms with E-state index in [1.54, 1.807) is 11.8 Å². The molecule has 0 radical (unpaired) electrons. The Morgan fingerprint density at radius 3 is 2.68 bits per heavy atom. The molecule has 1 heterocycles. The summed E-state index contributed by atoms with van der Waals surface area (Å²) >= 11 is 1.54. The maximum Gasteiger partial charge on any atom is 0.234 e. The first-order valence-corrected chi connectivity index (χ1v) is 8.33. The molecule has 0 saturated carbocycles. The number of carbonyl (C=O) groups is 1. The highest BCUT2D eigenvalue weighted by Gasteiger charge is 2.10.